The molecule has 0 amide bonds. The van der Waals surface area contributed by atoms with E-state index in [4.69, 9.17) is 9.15 Å². The highest BCUT2D eigenvalue weighted by Gasteiger charge is 2.25. The van der Waals surface area contributed by atoms with Crippen LogP contribution in [0.5, 0.6) is 5.75 Å². The highest BCUT2D eigenvalue weighted by molar-refractivity contribution is 5.81. The molecule has 2 aromatic rings. The van der Waals surface area contributed by atoms with Gasteiger partial charge in [-0.05, 0) is 31.7 Å². The molecule has 1 atom stereocenters. The first-order valence-corrected chi connectivity index (χ1v) is 6.05. The van der Waals surface area contributed by atoms with Gasteiger partial charge in [-0.3, -0.25) is 4.90 Å². The molecule has 2 heterocycles. The van der Waals surface area contributed by atoms with Gasteiger partial charge in [0.25, 0.3) is 0 Å². The Labute approximate surface area is 105 Å². The van der Waals surface area contributed by atoms with Gasteiger partial charge in [-0.2, -0.15) is 0 Å². The summed E-state index contributed by atoms with van der Waals surface area (Å²) in [6, 6.07) is 7.14. The van der Waals surface area contributed by atoms with Crippen LogP contribution in [0.3, 0.4) is 0 Å². The van der Waals surface area contributed by atoms with Crippen molar-refractivity contribution in [3.8, 4) is 5.75 Å². The van der Waals surface area contributed by atoms with Gasteiger partial charge in [0.15, 0.2) is 6.23 Å². The lowest BCUT2D eigenvalue weighted by atomic mass is 10.1. The summed E-state index contributed by atoms with van der Waals surface area (Å²) in [5, 5.41) is 0.948. The lowest BCUT2D eigenvalue weighted by Crippen LogP contribution is -2.48. The van der Waals surface area contributed by atoms with E-state index in [2.05, 4.69) is 4.90 Å². The Morgan fingerprint density at radius 1 is 1.39 bits per heavy atom. The molecule has 1 aromatic heterocycles. The molecule has 1 aliphatic rings. The number of hydrogen-bond donors (Lipinski definition) is 0. The molecule has 1 aromatic carbocycles. The molecule has 4 nitrogen and oxygen atoms in total. The van der Waals surface area contributed by atoms with Gasteiger partial charge in [0.05, 0.1) is 0 Å². The maximum Gasteiger partial charge on any atom is 0.336 e. The van der Waals surface area contributed by atoms with Crippen LogP contribution in [-0.2, 0) is 0 Å². The van der Waals surface area contributed by atoms with Crippen LogP contribution < -0.4 is 10.4 Å². The van der Waals surface area contributed by atoms with Crippen molar-refractivity contribution in [1.82, 2.24) is 4.90 Å². The molecule has 1 aliphatic heterocycles. The van der Waals surface area contributed by atoms with E-state index in [9.17, 15) is 4.79 Å². The SMILES string of the molecule is Cc1cc(=O)oc2cc(OC3CCN3C)ccc12. The zero-order valence-corrected chi connectivity index (χ0v) is 10.5. The van der Waals surface area contributed by atoms with Crippen molar-refractivity contribution in [2.45, 2.75) is 19.6 Å². The fourth-order valence-corrected chi connectivity index (χ4v) is 2.18. The summed E-state index contributed by atoms with van der Waals surface area (Å²) >= 11 is 0. The van der Waals surface area contributed by atoms with E-state index in [1.807, 2.05) is 26.1 Å². The number of hydrogen-bond acceptors (Lipinski definition) is 4. The Morgan fingerprint density at radius 3 is 2.89 bits per heavy atom. The van der Waals surface area contributed by atoms with Crippen molar-refractivity contribution in [2.24, 2.45) is 0 Å². The van der Waals surface area contributed by atoms with Gasteiger partial charge >= 0.3 is 5.63 Å². The second-order valence-corrected chi connectivity index (χ2v) is 4.75. The smallest absolute Gasteiger partial charge is 0.336 e. The summed E-state index contributed by atoms with van der Waals surface area (Å²) in [5.41, 5.74) is 1.19. The summed E-state index contributed by atoms with van der Waals surface area (Å²) in [6.07, 6.45) is 1.17. The Bertz CT molecular complexity index is 647. The first kappa shape index (κ1) is 11.3. The summed E-state index contributed by atoms with van der Waals surface area (Å²) < 4.78 is 11.0. The Kier molecular flexibility index (Phi) is 2.59. The number of rotatable bonds is 2. The first-order chi connectivity index (χ1) is 8.63. The number of nitrogens with zero attached hydrogens (tertiary/aromatic N) is 1. The van der Waals surface area contributed by atoms with E-state index in [0.29, 0.717) is 5.58 Å². The van der Waals surface area contributed by atoms with Gasteiger partial charge in [-0.15, -0.1) is 0 Å². The van der Waals surface area contributed by atoms with E-state index in [1.54, 1.807) is 6.07 Å². The third kappa shape index (κ3) is 1.88. The standard InChI is InChI=1S/C14H15NO3/c1-9-7-14(16)18-12-8-10(3-4-11(9)12)17-13-5-6-15(13)2/h3-4,7-8,13H,5-6H2,1-2H3. The largest absolute Gasteiger partial charge is 0.475 e. The molecule has 94 valence electrons. The van der Waals surface area contributed by atoms with Crippen molar-refractivity contribution in [1.29, 1.82) is 0 Å². The highest BCUT2D eigenvalue weighted by Crippen LogP contribution is 2.25. The van der Waals surface area contributed by atoms with Crippen molar-refractivity contribution in [3.05, 3.63) is 40.2 Å². The van der Waals surface area contributed by atoms with Gasteiger partial charge in [-0.1, -0.05) is 0 Å². The van der Waals surface area contributed by atoms with Crippen LogP contribution in [0.4, 0.5) is 0 Å². The predicted octanol–water partition coefficient (Wildman–Crippen LogP) is 2.14. The van der Waals surface area contributed by atoms with E-state index < -0.39 is 0 Å². The van der Waals surface area contributed by atoms with Gasteiger partial charge in [0.2, 0.25) is 0 Å². The summed E-state index contributed by atoms with van der Waals surface area (Å²) in [4.78, 5) is 13.5. The Balaban J connectivity index is 1.97. The maximum absolute atomic E-state index is 11.3. The fraction of sp³-hybridized carbons (Fsp3) is 0.357. The zero-order valence-electron chi connectivity index (χ0n) is 10.5. The molecular weight excluding hydrogens is 230 g/mol. The average Bonchev–Trinajstić information content (AvgIpc) is 2.33. The molecule has 0 spiro atoms. The first-order valence-electron chi connectivity index (χ1n) is 6.05. The Hall–Kier alpha value is -1.81. The maximum atomic E-state index is 11.3. The summed E-state index contributed by atoms with van der Waals surface area (Å²) in [7, 11) is 2.03. The van der Waals surface area contributed by atoms with Gasteiger partial charge in [-0.25, -0.2) is 4.79 Å². The molecular formula is C14H15NO3. The van der Waals surface area contributed by atoms with Crippen LogP contribution in [0.1, 0.15) is 12.0 Å². The summed E-state index contributed by atoms with van der Waals surface area (Å²) in [6.45, 7) is 2.96. The lowest BCUT2D eigenvalue weighted by molar-refractivity contribution is -0.0350. The van der Waals surface area contributed by atoms with Crippen molar-refractivity contribution >= 4 is 11.0 Å². The van der Waals surface area contributed by atoms with E-state index in [0.717, 1.165) is 29.7 Å². The fourth-order valence-electron chi connectivity index (χ4n) is 2.18. The molecule has 4 heteroatoms. The average molecular weight is 245 g/mol. The number of likely N-dealkylation sites (tertiary alicyclic amines) is 1. The highest BCUT2D eigenvalue weighted by atomic mass is 16.5. The minimum Gasteiger partial charge on any atom is -0.475 e. The second-order valence-electron chi connectivity index (χ2n) is 4.75. The molecule has 0 saturated carbocycles. The molecule has 1 unspecified atom stereocenters. The molecule has 1 saturated heterocycles. The molecule has 0 bridgehead atoms. The number of ether oxygens (including phenoxy) is 1. The van der Waals surface area contributed by atoms with Crippen LogP contribution in [0.2, 0.25) is 0 Å². The topological polar surface area (TPSA) is 42.7 Å². The molecule has 0 radical (unpaired) electrons. The van der Waals surface area contributed by atoms with Crippen LogP contribution in [0, 0.1) is 6.92 Å². The van der Waals surface area contributed by atoms with Crippen molar-refractivity contribution < 1.29 is 9.15 Å². The van der Waals surface area contributed by atoms with Gasteiger partial charge in [0.1, 0.15) is 11.3 Å². The van der Waals surface area contributed by atoms with Crippen molar-refractivity contribution in [2.75, 3.05) is 13.6 Å². The molecule has 1 fully saturated rings. The number of fused-ring (bicyclic) bond motifs is 1. The monoisotopic (exact) mass is 245 g/mol. The minimum absolute atomic E-state index is 0.138. The summed E-state index contributed by atoms with van der Waals surface area (Å²) in [5.74, 6) is 0.743. The molecule has 0 aliphatic carbocycles. The minimum atomic E-state index is -0.321. The van der Waals surface area contributed by atoms with E-state index in [-0.39, 0.29) is 11.9 Å². The molecule has 0 N–H and O–H groups in total. The third-order valence-corrected chi connectivity index (χ3v) is 3.42. The van der Waals surface area contributed by atoms with E-state index in [1.165, 1.54) is 6.07 Å². The number of aryl methyl sites for hydroxylation is 1. The van der Waals surface area contributed by atoms with Crippen LogP contribution in [0.25, 0.3) is 11.0 Å². The zero-order chi connectivity index (χ0) is 12.7. The lowest BCUT2D eigenvalue weighted by Gasteiger charge is -2.37. The van der Waals surface area contributed by atoms with Crippen molar-refractivity contribution in [3.63, 3.8) is 0 Å². The molecule has 18 heavy (non-hydrogen) atoms. The number of benzene rings is 1. The van der Waals surface area contributed by atoms with Gasteiger partial charge < -0.3 is 9.15 Å². The van der Waals surface area contributed by atoms with Crippen LogP contribution in [0.15, 0.2) is 33.5 Å². The quantitative estimate of drug-likeness (QED) is 0.760. The van der Waals surface area contributed by atoms with Gasteiger partial charge in [0, 0.05) is 30.5 Å². The molecule has 3 rings (SSSR count). The predicted molar refractivity (Wildman–Crippen MR) is 68.9 cm³/mol. The Morgan fingerprint density at radius 2 is 2.22 bits per heavy atom. The van der Waals surface area contributed by atoms with Crippen LogP contribution in [-0.4, -0.2) is 24.7 Å². The van der Waals surface area contributed by atoms with Crippen LogP contribution >= 0.6 is 0 Å². The van der Waals surface area contributed by atoms with E-state index >= 15 is 0 Å². The third-order valence-electron chi connectivity index (χ3n) is 3.42. The normalized spacial score (nSPS) is 19.8. The second kappa shape index (κ2) is 4.14.